The van der Waals surface area contributed by atoms with E-state index >= 15 is 0 Å². The van der Waals surface area contributed by atoms with Crippen LogP contribution in [0.3, 0.4) is 0 Å². The molecule has 0 saturated carbocycles. The first-order chi connectivity index (χ1) is 7.65. The minimum atomic E-state index is -0.166. The Morgan fingerprint density at radius 1 is 1.56 bits per heavy atom. The lowest BCUT2D eigenvalue weighted by Gasteiger charge is -2.40. The van der Waals surface area contributed by atoms with E-state index in [-0.39, 0.29) is 11.6 Å². The van der Waals surface area contributed by atoms with Crippen molar-refractivity contribution in [3.05, 3.63) is 21.9 Å². The van der Waals surface area contributed by atoms with E-state index in [1.165, 1.54) is 16.9 Å². The molecular weight excluding hydrogens is 220 g/mol. The van der Waals surface area contributed by atoms with Crippen molar-refractivity contribution < 1.29 is 4.74 Å². The molecule has 3 nitrogen and oxygen atoms in total. The van der Waals surface area contributed by atoms with Gasteiger partial charge in [0.15, 0.2) is 0 Å². The van der Waals surface area contributed by atoms with Crippen LogP contribution in [0.2, 0.25) is 0 Å². The summed E-state index contributed by atoms with van der Waals surface area (Å²) in [5.41, 5.74) is 4.00. The molecule has 2 unspecified atom stereocenters. The number of nitrogens with two attached hydrogens (primary N) is 1. The van der Waals surface area contributed by atoms with Gasteiger partial charge in [-0.15, -0.1) is 11.3 Å². The highest BCUT2D eigenvalue weighted by Gasteiger charge is 2.37. The zero-order valence-corrected chi connectivity index (χ0v) is 10.8. The van der Waals surface area contributed by atoms with Crippen LogP contribution in [0.15, 0.2) is 11.4 Å². The minimum absolute atomic E-state index is 0.0951. The Bertz CT molecular complexity index is 345. The Hall–Kier alpha value is -0.420. The van der Waals surface area contributed by atoms with Gasteiger partial charge in [0, 0.05) is 11.5 Å². The Morgan fingerprint density at radius 3 is 2.88 bits per heavy atom. The third kappa shape index (κ3) is 2.30. The number of rotatable bonds is 3. The van der Waals surface area contributed by atoms with Crippen LogP contribution < -0.4 is 11.3 Å². The molecule has 1 aliphatic heterocycles. The van der Waals surface area contributed by atoms with Gasteiger partial charge >= 0.3 is 0 Å². The lowest BCUT2D eigenvalue weighted by molar-refractivity contribution is -0.0898. The average Bonchev–Trinajstić information content (AvgIpc) is 2.66. The zero-order valence-electron chi connectivity index (χ0n) is 9.95. The van der Waals surface area contributed by atoms with Gasteiger partial charge in [-0.25, -0.2) is 0 Å². The molecule has 2 atom stereocenters. The first-order valence-electron chi connectivity index (χ1n) is 5.81. The van der Waals surface area contributed by atoms with E-state index in [0.29, 0.717) is 0 Å². The molecule has 16 heavy (non-hydrogen) atoms. The summed E-state index contributed by atoms with van der Waals surface area (Å²) < 4.78 is 5.94. The quantitative estimate of drug-likeness (QED) is 0.630. The van der Waals surface area contributed by atoms with Crippen LogP contribution in [0, 0.1) is 6.92 Å². The number of ether oxygens (including phenoxy) is 1. The van der Waals surface area contributed by atoms with Crippen molar-refractivity contribution in [2.45, 2.75) is 44.8 Å². The van der Waals surface area contributed by atoms with Gasteiger partial charge in [0.2, 0.25) is 0 Å². The Balaban J connectivity index is 2.20. The second kappa shape index (κ2) is 4.84. The van der Waals surface area contributed by atoms with E-state index < -0.39 is 0 Å². The molecule has 1 saturated heterocycles. The summed E-state index contributed by atoms with van der Waals surface area (Å²) in [7, 11) is 0. The molecule has 1 aromatic rings. The first kappa shape index (κ1) is 12.0. The van der Waals surface area contributed by atoms with E-state index in [2.05, 4.69) is 30.7 Å². The Labute approximate surface area is 101 Å². The van der Waals surface area contributed by atoms with Gasteiger partial charge in [-0.2, -0.15) is 0 Å². The highest BCUT2D eigenvalue weighted by molar-refractivity contribution is 7.10. The maximum atomic E-state index is 5.94. The van der Waals surface area contributed by atoms with Crippen molar-refractivity contribution in [2.24, 2.45) is 5.84 Å². The summed E-state index contributed by atoms with van der Waals surface area (Å²) >= 11 is 1.76. The fourth-order valence-electron chi connectivity index (χ4n) is 2.42. The summed E-state index contributed by atoms with van der Waals surface area (Å²) in [5, 5.41) is 2.17. The van der Waals surface area contributed by atoms with E-state index in [1.54, 1.807) is 11.3 Å². The van der Waals surface area contributed by atoms with Crippen molar-refractivity contribution in [3.63, 3.8) is 0 Å². The van der Waals surface area contributed by atoms with Crippen LogP contribution in [0.1, 0.15) is 42.7 Å². The summed E-state index contributed by atoms with van der Waals surface area (Å²) in [4.78, 5) is 1.31. The predicted molar refractivity (Wildman–Crippen MR) is 67.3 cm³/mol. The molecule has 1 aliphatic rings. The molecule has 0 amide bonds. The first-order valence-corrected chi connectivity index (χ1v) is 6.69. The number of hydrogen-bond donors (Lipinski definition) is 2. The van der Waals surface area contributed by atoms with Gasteiger partial charge in [-0.05, 0) is 50.1 Å². The number of nitrogens with one attached hydrogen (secondary N) is 1. The topological polar surface area (TPSA) is 47.3 Å². The largest absolute Gasteiger partial charge is 0.373 e. The molecule has 90 valence electrons. The highest BCUT2D eigenvalue weighted by atomic mass is 32.1. The third-order valence-electron chi connectivity index (χ3n) is 3.36. The molecular formula is C12H20N2OS. The summed E-state index contributed by atoms with van der Waals surface area (Å²) in [6.45, 7) is 5.12. The van der Waals surface area contributed by atoms with Crippen LogP contribution in [0.25, 0.3) is 0 Å². The summed E-state index contributed by atoms with van der Waals surface area (Å²) in [6, 6.07) is 2.29. The van der Waals surface area contributed by atoms with Crippen molar-refractivity contribution in [1.82, 2.24) is 5.43 Å². The highest BCUT2D eigenvalue weighted by Crippen LogP contribution is 2.37. The lowest BCUT2D eigenvalue weighted by atomic mass is 9.85. The van der Waals surface area contributed by atoms with Gasteiger partial charge < -0.3 is 4.74 Å². The van der Waals surface area contributed by atoms with Crippen LogP contribution >= 0.6 is 11.3 Å². The van der Waals surface area contributed by atoms with Gasteiger partial charge in [0.1, 0.15) is 0 Å². The average molecular weight is 240 g/mol. The van der Waals surface area contributed by atoms with Crippen LogP contribution in [0.5, 0.6) is 0 Å². The molecule has 1 aromatic heterocycles. The van der Waals surface area contributed by atoms with Crippen molar-refractivity contribution >= 4 is 11.3 Å². The molecule has 0 radical (unpaired) electrons. The molecule has 0 aromatic carbocycles. The van der Waals surface area contributed by atoms with Gasteiger partial charge in [-0.3, -0.25) is 11.3 Å². The molecule has 0 aliphatic carbocycles. The van der Waals surface area contributed by atoms with Gasteiger partial charge in [0.25, 0.3) is 0 Å². The van der Waals surface area contributed by atoms with E-state index in [4.69, 9.17) is 10.6 Å². The summed E-state index contributed by atoms with van der Waals surface area (Å²) in [5.74, 6) is 5.70. The second-order valence-corrected chi connectivity index (χ2v) is 5.82. The Morgan fingerprint density at radius 2 is 2.38 bits per heavy atom. The fourth-order valence-corrected chi connectivity index (χ4v) is 3.15. The molecule has 1 fully saturated rings. The molecule has 2 heterocycles. The minimum Gasteiger partial charge on any atom is -0.373 e. The maximum Gasteiger partial charge on any atom is 0.0861 e. The van der Waals surface area contributed by atoms with E-state index in [1.807, 2.05) is 0 Å². The fraction of sp³-hybridized carbons (Fsp3) is 0.667. The van der Waals surface area contributed by atoms with Gasteiger partial charge in [0.05, 0.1) is 11.6 Å². The monoisotopic (exact) mass is 240 g/mol. The lowest BCUT2D eigenvalue weighted by Crippen LogP contribution is -2.48. The number of aryl methyl sites for hydroxylation is 1. The number of hydrazine groups is 1. The molecule has 4 heteroatoms. The summed E-state index contributed by atoms with van der Waals surface area (Å²) in [6.07, 6.45) is 3.45. The van der Waals surface area contributed by atoms with E-state index in [0.717, 1.165) is 19.4 Å². The Kier molecular flexibility index (Phi) is 3.64. The zero-order chi connectivity index (χ0) is 11.6. The smallest absolute Gasteiger partial charge is 0.0861 e. The molecule has 2 rings (SSSR count). The van der Waals surface area contributed by atoms with Crippen LogP contribution in [0.4, 0.5) is 0 Å². The van der Waals surface area contributed by atoms with Gasteiger partial charge in [-0.1, -0.05) is 0 Å². The third-order valence-corrected chi connectivity index (χ3v) is 4.24. The normalized spacial score (nSPS) is 27.9. The second-order valence-electron chi connectivity index (χ2n) is 4.71. The van der Waals surface area contributed by atoms with Crippen LogP contribution in [-0.2, 0) is 4.74 Å². The van der Waals surface area contributed by atoms with Crippen molar-refractivity contribution in [1.29, 1.82) is 0 Å². The van der Waals surface area contributed by atoms with E-state index in [9.17, 15) is 0 Å². The number of thiophene rings is 1. The van der Waals surface area contributed by atoms with Crippen molar-refractivity contribution in [3.8, 4) is 0 Å². The van der Waals surface area contributed by atoms with Crippen molar-refractivity contribution in [2.75, 3.05) is 6.61 Å². The SMILES string of the molecule is Cc1cc(C(NN)C2(C)CCCCO2)cs1. The molecule has 0 bridgehead atoms. The maximum absolute atomic E-state index is 5.94. The van der Waals surface area contributed by atoms with Crippen LogP contribution in [-0.4, -0.2) is 12.2 Å². The molecule has 0 spiro atoms. The number of hydrogen-bond acceptors (Lipinski definition) is 4. The molecule has 3 N–H and O–H groups in total. The standard InChI is InChI=1S/C12H20N2OS/c1-9-7-10(8-16-9)11(14-13)12(2)5-3-4-6-15-12/h7-8,11,14H,3-6,13H2,1-2H3. The predicted octanol–water partition coefficient (Wildman–Crippen LogP) is 2.52.